The molecular weight excluding hydrogens is 354 g/mol. The number of hydrogen-bond acceptors (Lipinski definition) is 5. The molecule has 0 radical (unpaired) electrons. The number of carbonyl (C=O) groups is 1. The van der Waals surface area contributed by atoms with Crippen LogP contribution < -0.4 is 5.32 Å². The summed E-state index contributed by atoms with van der Waals surface area (Å²) < 4.78 is 7.31. The van der Waals surface area contributed by atoms with Gasteiger partial charge in [0, 0.05) is 32.6 Å². The Bertz CT molecular complexity index is 948. The van der Waals surface area contributed by atoms with E-state index in [1.807, 2.05) is 6.92 Å². The van der Waals surface area contributed by atoms with Crippen LogP contribution in [0.1, 0.15) is 46.3 Å². The Kier molecular flexibility index (Phi) is 5.25. The van der Waals surface area contributed by atoms with Crippen LogP contribution in [0.2, 0.25) is 0 Å². The second-order valence-electron chi connectivity index (χ2n) is 7.31. The number of rotatable bonds is 5. The first-order valence-electron chi connectivity index (χ1n) is 9.64. The highest BCUT2D eigenvalue weighted by molar-refractivity contribution is 5.91. The zero-order chi connectivity index (χ0) is 19.5. The van der Waals surface area contributed by atoms with E-state index in [2.05, 4.69) is 56.2 Å². The molecule has 1 N–H and O–H groups in total. The lowest BCUT2D eigenvalue weighted by atomic mass is 10.1. The Morgan fingerprint density at radius 2 is 2.11 bits per heavy atom. The molecule has 1 atom stereocenters. The van der Waals surface area contributed by atoms with Crippen molar-refractivity contribution >= 4 is 5.91 Å². The molecule has 7 nitrogen and oxygen atoms in total. The maximum Gasteiger partial charge on any atom is 0.287 e. The molecule has 0 spiro atoms. The normalized spacial score (nSPS) is 15.6. The van der Waals surface area contributed by atoms with Crippen LogP contribution in [0.5, 0.6) is 0 Å². The first kappa shape index (κ1) is 18.4. The van der Waals surface area contributed by atoms with Gasteiger partial charge in [0.15, 0.2) is 11.6 Å². The van der Waals surface area contributed by atoms with E-state index in [0.29, 0.717) is 5.76 Å². The fourth-order valence-electron chi connectivity index (χ4n) is 3.68. The predicted octanol–water partition coefficient (Wildman–Crippen LogP) is 2.73. The van der Waals surface area contributed by atoms with Crippen molar-refractivity contribution in [1.82, 2.24) is 25.0 Å². The summed E-state index contributed by atoms with van der Waals surface area (Å²) in [6.07, 6.45) is 2.34. The number of aryl methyl sites for hydroxylation is 1. The lowest BCUT2D eigenvalue weighted by Gasteiger charge is -2.20. The highest BCUT2D eigenvalue weighted by Crippen LogP contribution is 2.17. The van der Waals surface area contributed by atoms with Crippen LogP contribution in [-0.2, 0) is 19.5 Å². The molecule has 0 saturated heterocycles. The minimum Gasteiger partial charge on any atom is -0.459 e. The smallest absolute Gasteiger partial charge is 0.287 e. The van der Waals surface area contributed by atoms with Crippen LogP contribution in [0.15, 0.2) is 47.1 Å². The van der Waals surface area contributed by atoms with Crippen molar-refractivity contribution in [2.24, 2.45) is 0 Å². The summed E-state index contributed by atoms with van der Waals surface area (Å²) >= 11 is 0. The van der Waals surface area contributed by atoms with Crippen LogP contribution in [0, 0.1) is 6.92 Å². The Morgan fingerprint density at radius 1 is 1.21 bits per heavy atom. The molecule has 3 aromatic rings. The lowest BCUT2D eigenvalue weighted by Crippen LogP contribution is -2.30. The Labute approximate surface area is 164 Å². The predicted molar refractivity (Wildman–Crippen MR) is 105 cm³/mol. The van der Waals surface area contributed by atoms with Crippen molar-refractivity contribution in [3.05, 3.63) is 71.2 Å². The highest BCUT2D eigenvalue weighted by atomic mass is 16.3. The molecular formula is C21H25N5O2. The van der Waals surface area contributed by atoms with Crippen molar-refractivity contribution < 1.29 is 9.21 Å². The third-order valence-corrected chi connectivity index (χ3v) is 5.12. The maximum absolute atomic E-state index is 12.3. The Hall–Kier alpha value is -2.93. The van der Waals surface area contributed by atoms with Crippen LogP contribution in [0.4, 0.5) is 0 Å². The van der Waals surface area contributed by atoms with Crippen LogP contribution in [-0.4, -0.2) is 38.7 Å². The maximum atomic E-state index is 12.3. The number of carbonyl (C=O) groups excluding carboxylic acids is 1. The monoisotopic (exact) mass is 379 g/mol. The first-order chi connectivity index (χ1) is 13.6. The number of nitrogens with zero attached hydrogens (tertiary/aromatic N) is 4. The molecule has 1 aliphatic rings. The molecule has 1 aromatic carbocycles. The van der Waals surface area contributed by atoms with E-state index in [9.17, 15) is 4.79 Å². The third-order valence-electron chi connectivity index (χ3n) is 5.12. The Balaban J connectivity index is 1.42. The zero-order valence-corrected chi connectivity index (χ0v) is 16.3. The van der Waals surface area contributed by atoms with Crippen molar-refractivity contribution in [1.29, 1.82) is 0 Å². The molecule has 1 amide bonds. The van der Waals surface area contributed by atoms with E-state index in [4.69, 9.17) is 4.42 Å². The average Bonchev–Trinajstić information content (AvgIpc) is 3.30. The summed E-state index contributed by atoms with van der Waals surface area (Å²) in [6, 6.07) is 11.7. The van der Waals surface area contributed by atoms with Gasteiger partial charge < -0.3 is 14.3 Å². The topological polar surface area (TPSA) is 76.2 Å². The van der Waals surface area contributed by atoms with Gasteiger partial charge in [-0.2, -0.15) is 0 Å². The SMILES string of the molecule is Cc1cccc(CN2CCc3nnc([C@H](C)NC(=O)c4ccco4)n3CC2)c1. The van der Waals surface area contributed by atoms with Gasteiger partial charge in [-0.15, -0.1) is 10.2 Å². The minimum atomic E-state index is -0.248. The molecule has 0 bridgehead atoms. The summed E-state index contributed by atoms with van der Waals surface area (Å²) in [5.41, 5.74) is 2.62. The van der Waals surface area contributed by atoms with Crippen LogP contribution >= 0.6 is 0 Å². The van der Waals surface area contributed by atoms with Gasteiger partial charge in [0.05, 0.1) is 12.3 Å². The van der Waals surface area contributed by atoms with Gasteiger partial charge in [-0.3, -0.25) is 9.69 Å². The summed E-state index contributed by atoms with van der Waals surface area (Å²) in [5, 5.41) is 11.7. The van der Waals surface area contributed by atoms with Crippen molar-refractivity contribution in [2.75, 3.05) is 13.1 Å². The van der Waals surface area contributed by atoms with Gasteiger partial charge in [-0.05, 0) is 31.5 Å². The molecule has 3 heterocycles. The van der Waals surface area contributed by atoms with Crippen molar-refractivity contribution in [2.45, 2.75) is 39.4 Å². The van der Waals surface area contributed by atoms with Gasteiger partial charge in [0.2, 0.25) is 0 Å². The third kappa shape index (κ3) is 3.99. The van der Waals surface area contributed by atoms with E-state index >= 15 is 0 Å². The molecule has 0 saturated carbocycles. The molecule has 0 fully saturated rings. The van der Waals surface area contributed by atoms with Gasteiger partial charge in [0.1, 0.15) is 5.82 Å². The molecule has 1 aliphatic heterocycles. The molecule has 146 valence electrons. The standard InChI is InChI=1S/C21H25N5O2/c1-15-5-3-6-17(13-15)14-25-9-8-19-23-24-20(26(19)11-10-25)16(2)22-21(27)18-7-4-12-28-18/h3-7,12-13,16H,8-11,14H2,1-2H3,(H,22,27)/t16-/m0/s1. The van der Waals surface area contributed by atoms with Gasteiger partial charge in [-0.25, -0.2) is 0 Å². The number of benzene rings is 1. The highest BCUT2D eigenvalue weighted by Gasteiger charge is 2.23. The average molecular weight is 379 g/mol. The molecule has 2 aromatic heterocycles. The number of amides is 1. The van der Waals surface area contributed by atoms with Crippen molar-refractivity contribution in [3.63, 3.8) is 0 Å². The summed E-state index contributed by atoms with van der Waals surface area (Å²) in [4.78, 5) is 14.7. The largest absolute Gasteiger partial charge is 0.459 e. The second kappa shape index (κ2) is 7.98. The fraction of sp³-hybridized carbons (Fsp3) is 0.381. The number of aromatic nitrogens is 3. The number of hydrogen-bond donors (Lipinski definition) is 1. The second-order valence-corrected chi connectivity index (χ2v) is 7.31. The van der Waals surface area contributed by atoms with E-state index in [1.165, 1.54) is 17.4 Å². The molecule has 0 unspecified atom stereocenters. The summed E-state index contributed by atoms with van der Waals surface area (Å²) in [7, 11) is 0. The minimum absolute atomic E-state index is 0.246. The molecule has 0 aliphatic carbocycles. The van der Waals surface area contributed by atoms with Crippen molar-refractivity contribution in [3.8, 4) is 0 Å². The van der Waals surface area contributed by atoms with Gasteiger partial charge in [0.25, 0.3) is 5.91 Å². The zero-order valence-electron chi connectivity index (χ0n) is 16.3. The summed E-state index contributed by atoms with van der Waals surface area (Å²) in [6.45, 7) is 7.65. The summed E-state index contributed by atoms with van der Waals surface area (Å²) in [5.74, 6) is 1.81. The quantitative estimate of drug-likeness (QED) is 0.738. The van der Waals surface area contributed by atoms with E-state index in [1.54, 1.807) is 12.1 Å². The van der Waals surface area contributed by atoms with Crippen LogP contribution in [0.25, 0.3) is 0 Å². The van der Waals surface area contributed by atoms with E-state index in [0.717, 1.165) is 44.2 Å². The van der Waals surface area contributed by atoms with E-state index in [-0.39, 0.29) is 11.9 Å². The van der Waals surface area contributed by atoms with Crippen LogP contribution in [0.3, 0.4) is 0 Å². The fourth-order valence-corrected chi connectivity index (χ4v) is 3.68. The van der Waals surface area contributed by atoms with Gasteiger partial charge >= 0.3 is 0 Å². The molecule has 28 heavy (non-hydrogen) atoms. The Morgan fingerprint density at radius 3 is 2.89 bits per heavy atom. The lowest BCUT2D eigenvalue weighted by molar-refractivity contribution is 0.0909. The van der Waals surface area contributed by atoms with E-state index < -0.39 is 0 Å². The number of furan rings is 1. The number of nitrogens with one attached hydrogen (secondary N) is 1. The first-order valence-corrected chi connectivity index (χ1v) is 9.64. The molecule has 7 heteroatoms. The molecule has 4 rings (SSSR count). The van der Waals surface area contributed by atoms with Gasteiger partial charge in [-0.1, -0.05) is 29.8 Å². The number of fused-ring (bicyclic) bond motifs is 1.